The molecule has 0 saturated carbocycles. The van der Waals surface area contributed by atoms with Crippen molar-refractivity contribution in [2.75, 3.05) is 0 Å². The highest BCUT2D eigenvalue weighted by atomic mass is 16.3. The van der Waals surface area contributed by atoms with Crippen LogP contribution >= 0.6 is 0 Å². The van der Waals surface area contributed by atoms with E-state index in [1.54, 1.807) is 6.07 Å². The average Bonchev–Trinajstić information content (AvgIpc) is 2.01. The van der Waals surface area contributed by atoms with Gasteiger partial charge in [0.2, 0.25) is 0 Å². The van der Waals surface area contributed by atoms with Crippen LogP contribution in [0.15, 0.2) is 18.2 Å². The molecule has 0 saturated heterocycles. The van der Waals surface area contributed by atoms with Crippen molar-refractivity contribution in [1.29, 1.82) is 0 Å². The van der Waals surface area contributed by atoms with Crippen LogP contribution in [0.3, 0.4) is 0 Å². The van der Waals surface area contributed by atoms with Gasteiger partial charge in [-0.25, -0.2) is 0 Å². The Labute approximate surface area is 86.8 Å². The summed E-state index contributed by atoms with van der Waals surface area (Å²) in [6.07, 6.45) is 0. The molecule has 1 heteroatoms. The number of hydrogen-bond donors (Lipinski definition) is 1. The van der Waals surface area contributed by atoms with Gasteiger partial charge in [0.15, 0.2) is 0 Å². The van der Waals surface area contributed by atoms with E-state index in [-0.39, 0.29) is 5.41 Å². The third-order valence-electron chi connectivity index (χ3n) is 2.47. The number of aromatic hydroxyl groups is 1. The van der Waals surface area contributed by atoms with Gasteiger partial charge in [0.25, 0.3) is 0 Å². The molecule has 0 aliphatic heterocycles. The van der Waals surface area contributed by atoms with Crippen LogP contribution in [-0.4, -0.2) is 5.11 Å². The molecule has 0 atom stereocenters. The fraction of sp³-hybridized carbons (Fsp3) is 0.538. The normalized spacial score (nSPS) is 12.1. The molecule has 0 aliphatic carbocycles. The highest BCUT2D eigenvalue weighted by molar-refractivity contribution is 5.40. The molecule has 0 aliphatic rings. The van der Waals surface area contributed by atoms with Gasteiger partial charge in [-0.1, -0.05) is 40.7 Å². The Kier molecular flexibility index (Phi) is 2.89. The van der Waals surface area contributed by atoms with Gasteiger partial charge in [-0.3, -0.25) is 0 Å². The number of benzene rings is 1. The van der Waals surface area contributed by atoms with Gasteiger partial charge in [-0.05, 0) is 34.6 Å². The van der Waals surface area contributed by atoms with E-state index in [0.29, 0.717) is 11.7 Å². The highest BCUT2D eigenvalue weighted by Crippen LogP contribution is 2.32. The quantitative estimate of drug-likeness (QED) is 0.717. The van der Waals surface area contributed by atoms with Crippen LogP contribution in [0.4, 0.5) is 0 Å². The molecule has 1 aromatic carbocycles. The van der Waals surface area contributed by atoms with Crippen LogP contribution in [0.5, 0.6) is 5.75 Å². The van der Waals surface area contributed by atoms with E-state index in [2.05, 4.69) is 34.6 Å². The first-order valence-corrected chi connectivity index (χ1v) is 5.16. The molecule has 0 heterocycles. The monoisotopic (exact) mass is 192 g/mol. The van der Waals surface area contributed by atoms with Gasteiger partial charge >= 0.3 is 0 Å². The standard InChI is InChI=1S/C13H20O/c1-9(2)11-8-10(14)6-7-12(11)13(3,4)5/h6-9,14H,1-5H3. The molecule has 0 radical (unpaired) electrons. The van der Waals surface area contributed by atoms with Crippen LogP contribution in [0.2, 0.25) is 0 Å². The van der Waals surface area contributed by atoms with Crippen molar-refractivity contribution in [2.24, 2.45) is 0 Å². The van der Waals surface area contributed by atoms with Gasteiger partial charge in [0.1, 0.15) is 5.75 Å². The van der Waals surface area contributed by atoms with Gasteiger partial charge in [-0.2, -0.15) is 0 Å². The second-order valence-corrected chi connectivity index (χ2v) is 5.18. The van der Waals surface area contributed by atoms with Gasteiger partial charge in [-0.15, -0.1) is 0 Å². The minimum Gasteiger partial charge on any atom is -0.508 e. The van der Waals surface area contributed by atoms with Crippen molar-refractivity contribution in [2.45, 2.75) is 46.0 Å². The zero-order valence-electron chi connectivity index (χ0n) is 9.76. The number of phenolic OH excluding ortho intramolecular Hbond substituents is 1. The molecule has 78 valence electrons. The van der Waals surface area contributed by atoms with Crippen LogP contribution in [-0.2, 0) is 5.41 Å². The molecule has 1 N–H and O–H groups in total. The van der Waals surface area contributed by atoms with Crippen molar-refractivity contribution in [3.8, 4) is 5.75 Å². The lowest BCUT2D eigenvalue weighted by atomic mass is 9.81. The van der Waals surface area contributed by atoms with Gasteiger partial charge in [0.05, 0.1) is 0 Å². The Morgan fingerprint density at radius 1 is 1.14 bits per heavy atom. The fourth-order valence-electron chi connectivity index (χ4n) is 1.71. The zero-order chi connectivity index (χ0) is 10.9. The summed E-state index contributed by atoms with van der Waals surface area (Å²) in [7, 11) is 0. The Morgan fingerprint density at radius 3 is 2.14 bits per heavy atom. The second kappa shape index (κ2) is 3.64. The SMILES string of the molecule is CC(C)c1cc(O)ccc1C(C)(C)C. The summed E-state index contributed by atoms with van der Waals surface area (Å²) in [6, 6.07) is 5.68. The molecule has 0 aromatic heterocycles. The first-order chi connectivity index (χ1) is 6.32. The molecular formula is C13H20O. The van der Waals surface area contributed by atoms with Crippen LogP contribution < -0.4 is 0 Å². The maximum atomic E-state index is 9.45. The van der Waals surface area contributed by atoms with E-state index >= 15 is 0 Å². The van der Waals surface area contributed by atoms with Crippen LogP contribution in [0.1, 0.15) is 51.7 Å². The summed E-state index contributed by atoms with van der Waals surface area (Å²) < 4.78 is 0. The largest absolute Gasteiger partial charge is 0.508 e. The Hall–Kier alpha value is -0.980. The lowest BCUT2D eigenvalue weighted by Crippen LogP contribution is -2.14. The Morgan fingerprint density at radius 2 is 1.71 bits per heavy atom. The van der Waals surface area contributed by atoms with Crippen molar-refractivity contribution < 1.29 is 5.11 Å². The van der Waals surface area contributed by atoms with E-state index in [0.717, 1.165) is 0 Å². The Bertz CT molecular complexity index is 318. The minimum absolute atomic E-state index is 0.146. The van der Waals surface area contributed by atoms with Crippen molar-refractivity contribution >= 4 is 0 Å². The fourth-order valence-corrected chi connectivity index (χ4v) is 1.71. The van der Waals surface area contributed by atoms with Crippen molar-refractivity contribution in [3.05, 3.63) is 29.3 Å². The predicted octanol–water partition coefficient (Wildman–Crippen LogP) is 3.81. The van der Waals surface area contributed by atoms with E-state index in [4.69, 9.17) is 0 Å². The summed E-state index contributed by atoms with van der Waals surface area (Å²) >= 11 is 0. The molecule has 1 rings (SSSR count). The molecule has 1 nitrogen and oxygen atoms in total. The average molecular weight is 192 g/mol. The maximum Gasteiger partial charge on any atom is 0.115 e. The molecule has 0 unspecified atom stereocenters. The predicted molar refractivity (Wildman–Crippen MR) is 60.9 cm³/mol. The first-order valence-electron chi connectivity index (χ1n) is 5.16. The smallest absolute Gasteiger partial charge is 0.115 e. The van der Waals surface area contributed by atoms with Crippen LogP contribution in [0, 0.1) is 0 Å². The number of rotatable bonds is 1. The molecule has 14 heavy (non-hydrogen) atoms. The molecule has 0 amide bonds. The summed E-state index contributed by atoms with van der Waals surface area (Å²) in [5, 5.41) is 9.45. The maximum absolute atomic E-state index is 9.45. The Balaban J connectivity index is 3.29. The van der Waals surface area contributed by atoms with E-state index in [1.807, 2.05) is 12.1 Å². The third-order valence-corrected chi connectivity index (χ3v) is 2.47. The minimum atomic E-state index is 0.146. The summed E-state index contributed by atoms with van der Waals surface area (Å²) in [5.74, 6) is 0.818. The molecule has 0 fully saturated rings. The van der Waals surface area contributed by atoms with Crippen molar-refractivity contribution in [1.82, 2.24) is 0 Å². The lowest BCUT2D eigenvalue weighted by Gasteiger charge is -2.24. The second-order valence-electron chi connectivity index (χ2n) is 5.18. The summed E-state index contributed by atoms with van der Waals surface area (Å²) in [4.78, 5) is 0. The van der Waals surface area contributed by atoms with E-state index in [9.17, 15) is 5.11 Å². The first kappa shape index (κ1) is 11.1. The number of hydrogen-bond acceptors (Lipinski definition) is 1. The summed E-state index contributed by atoms with van der Waals surface area (Å²) in [6.45, 7) is 10.9. The molecule has 0 spiro atoms. The highest BCUT2D eigenvalue weighted by Gasteiger charge is 2.19. The van der Waals surface area contributed by atoms with E-state index < -0.39 is 0 Å². The lowest BCUT2D eigenvalue weighted by molar-refractivity contribution is 0.472. The topological polar surface area (TPSA) is 20.2 Å². The van der Waals surface area contributed by atoms with Crippen LogP contribution in [0.25, 0.3) is 0 Å². The molecule has 1 aromatic rings. The van der Waals surface area contributed by atoms with Gasteiger partial charge < -0.3 is 5.11 Å². The zero-order valence-corrected chi connectivity index (χ0v) is 9.76. The molecule has 0 bridgehead atoms. The van der Waals surface area contributed by atoms with E-state index in [1.165, 1.54) is 11.1 Å². The van der Waals surface area contributed by atoms with Crippen molar-refractivity contribution in [3.63, 3.8) is 0 Å². The third kappa shape index (κ3) is 2.28. The summed E-state index contributed by atoms with van der Waals surface area (Å²) in [5.41, 5.74) is 2.72. The molecular weight excluding hydrogens is 172 g/mol. The van der Waals surface area contributed by atoms with Gasteiger partial charge in [0, 0.05) is 0 Å². The number of phenols is 1.